The van der Waals surface area contributed by atoms with Gasteiger partial charge in [0.2, 0.25) is 0 Å². The number of carboxylic acid groups (broad SMARTS) is 1. The van der Waals surface area contributed by atoms with Gasteiger partial charge in [-0.15, -0.1) is 0 Å². The van der Waals surface area contributed by atoms with Crippen molar-refractivity contribution in [2.24, 2.45) is 0 Å². The maximum absolute atomic E-state index is 11.1. The summed E-state index contributed by atoms with van der Waals surface area (Å²) in [6, 6.07) is 4.54. The first-order valence-electron chi connectivity index (χ1n) is 4.89. The van der Waals surface area contributed by atoms with Crippen LogP contribution in [0.15, 0.2) is 22.7 Å². The zero-order valence-corrected chi connectivity index (χ0v) is 10.7. The second kappa shape index (κ2) is 5.86. The van der Waals surface area contributed by atoms with Crippen LogP contribution in [-0.4, -0.2) is 24.7 Å². The van der Waals surface area contributed by atoms with Gasteiger partial charge in [0.15, 0.2) is 0 Å². The number of halogens is 1. The average Bonchev–Trinajstić information content (AvgIpc) is 2.27. The fourth-order valence-corrected chi connectivity index (χ4v) is 1.88. The third-order valence-electron chi connectivity index (χ3n) is 2.17. The Balaban J connectivity index is 3.11. The van der Waals surface area contributed by atoms with Crippen molar-refractivity contribution in [2.75, 3.05) is 13.7 Å². The third kappa shape index (κ3) is 2.96. The van der Waals surface area contributed by atoms with Crippen LogP contribution in [0, 0.1) is 0 Å². The number of nitrogens with one attached hydrogen (secondary N) is 1. The highest BCUT2D eigenvalue weighted by Crippen LogP contribution is 2.27. The fourth-order valence-electron chi connectivity index (χ4n) is 1.40. The SMILES string of the molecule is CCNC(C(=O)O)c1cc(OC)ccc1Br. The maximum atomic E-state index is 11.1. The van der Waals surface area contributed by atoms with E-state index in [9.17, 15) is 4.79 Å². The van der Waals surface area contributed by atoms with Gasteiger partial charge in [0, 0.05) is 4.47 Å². The van der Waals surface area contributed by atoms with Crippen molar-refractivity contribution < 1.29 is 14.6 Å². The summed E-state index contributed by atoms with van der Waals surface area (Å²) in [7, 11) is 1.55. The summed E-state index contributed by atoms with van der Waals surface area (Å²) in [6.45, 7) is 2.45. The first kappa shape index (κ1) is 13.0. The van der Waals surface area contributed by atoms with Gasteiger partial charge in [-0.25, -0.2) is 0 Å². The molecule has 0 saturated carbocycles. The van der Waals surface area contributed by atoms with Gasteiger partial charge in [-0.1, -0.05) is 22.9 Å². The van der Waals surface area contributed by atoms with E-state index in [0.717, 1.165) is 4.47 Å². The van der Waals surface area contributed by atoms with Crippen LogP contribution in [-0.2, 0) is 4.79 Å². The molecule has 0 fully saturated rings. The second-order valence-corrected chi connectivity index (χ2v) is 4.07. The lowest BCUT2D eigenvalue weighted by atomic mass is 10.1. The molecule has 1 rings (SSSR count). The Kier molecular flexibility index (Phi) is 4.76. The number of hydrogen-bond donors (Lipinski definition) is 2. The van der Waals surface area contributed by atoms with E-state index < -0.39 is 12.0 Å². The molecule has 0 spiro atoms. The van der Waals surface area contributed by atoms with Crippen LogP contribution < -0.4 is 10.1 Å². The molecule has 88 valence electrons. The quantitative estimate of drug-likeness (QED) is 0.872. The summed E-state index contributed by atoms with van der Waals surface area (Å²) in [5.41, 5.74) is 0.661. The van der Waals surface area contributed by atoms with Crippen LogP contribution in [0.1, 0.15) is 18.5 Å². The van der Waals surface area contributed by atoms with Crippen molar-refractivity contribution in [3.05, 3.63) is 28.2 Å². The lowest BCUT2D eigenvalue weighted by Crippen LogP contribution is -2.28. The predicted molar refractivity (Wildman–Crippen MR) is 64.7 cm³/mol. The molecule has 0 radical (unpaired) electrons. The van der Waals surface area contributed by atoms with Gasteiger partial charge in [-0.3, -0.25) is 4.79 Å². The van der Waals surface area contributed by atoms with E-state index in [0.29, 0.717) is 17.9 Å². The van der Waals surface area contributed by atoms with Crippen LogP contribution >= 0.6 is 15.9 Å². The molecule has 1 aromatic carbocycles. The summed E-state index contributed by atoms with van der Waals surface area (Å²) in [4.78, 5) is 11.1. The lowest BCUT2D eigenvalue weighted by molar-refractivity contribution is -0.139. The Morgan fingerprint density at radius 2 is 2.31 bits per heavy atom. The number of methoxy groups -OCH3 is 1. The first-order valence-corrected chi connectivity index (χ1v) is 5.69. The summed E-state index contributed by atoms with van der Waals surface area (Å²) in [5.74, 6) is -0.266. The van der Waals surface area contributed by atoms with Crippen LogP contribution in [0.5, 0.6) is 5.75 Å². The number of carbonyl (C=O) groups is 1. The van der Waals surface area contributed by atoms with Crippen LogP contribution in [0.2, 0.25) is 0 Å². The second-order valence-electron chi connectivity index (χ2n) is 3.22. The molecule has 1 atom stereocenters. The molecule has 0 aliphatic carbocycles. The number of hydrogen-bond acceptors (Lipinski definition) is 3. The molecule has 0 heterocycles. The predicted octanol–water partition coefficient (Wildman–Crippen LogP) is 2.19. The van der Waals surface area contributed by atoms with Gasteiger partial charge in [-0.05, 0) is 30.3 Å². The van der Waals surface area contributed by atoms with Gasteiger partial charge in [0.1, 0.15) is 11.8 Å². The smallest absolute Gasteiger partial charge is 0.325 e. The molecule has 5 heteroatoms. The lowest BCUT2D eigenvalue weighted by Gasteiger charge is -2.16. The Labute approximate surface area is 103 Å². The number of rotatable bonds is 5. The normalized spacial score (nSPS) is 12.2. The highest BCUT2D eigenvalue weighted by molar-refractivity contribution is 9.10. The Morgan fingerprint density at radius 3 is 2.81 bits per heavy atom. The summed E-state index contributed by atoms with van der Waals surface area (Å²) < 4.78 is 5.83. The van der Waals surface area contributed by atoms with Crippen molar-refractivity contribution >= 4 is 21.9 Å². The zero-order valence-electron chi connectivity index (χ0n) is 9.16. The molecular weight excluding hydrogens is 274 g/mol. The minimum absolute atomic E-state index is 0.584. The fraction of sp³-hybridized carbons (Fsp3) is 0.364. The minimum atomic E-state index is -0.907. The van der Waals surface area contributed by atoms with E-state index in [-0.39, 0.29) is 0 Å². The molecule has 0 aliphatic rings. The number of carboxylic acids is 1. The van der Waals surface area contributed by atoms with E-state index in [1.54, 1.807) is 25.3 Å². The van der Waals surface area contributed by atoms with E-state index in [4.69, 9.17) is 9.84 Å². The minimum Gasteiger partial charge on any atom is -0.497 e. The number of ether oxygens (including phenoxy) is 1. The van der Waals surface area contributed by atoms with Crippen molar-refractivity contribution in [2.45, 2.75) is 13.0 Å². The number of likely N-dealkylation sites (N-methyl/N-ethyl adjacent to an activating group) is 1. The Bertz CT molecular complexity index is 381. The van der Waals surface area contributed by atoms with Crippen LogP contribution in [0.3, 0.4) is 0 Å². The molecule has 2 N–H and O–H groups in total. The third-order valence-corrected chi connectivity index (χ3v) is 2.89. The molecule has 1 aromatic rings. The van der Waals surface area contributed by atoms with Crippen molar-refractivity contribution in [1.29, 1.82) is 0 Å². The van der Waals surface area contributed by atoms with Crippen LogP contribution in [0.4, 0.5) is 0 Å². The molecule has 16 heavy (non-hydrogen) atoms. The number of benzene rings is 1. The van der Waals surface area contributed by atoms with E-state index in [1.807, 2.05) is 6.92 Å². The summed E-state index contributed by atoms with van der Waals surface area (Å²) >= 11 is 3.34. The van der Waals surface area contributed by atoms with Crippen molar-refractivity contribution in [3.8, 4) is 5.75 Å². The monoisotopic (exact) mass is 287 g/mol. The van der Waals surface area contributed by atoms with Crippen molar-refractivity contribution in [1.82, 2.24) is 5.32 Å². The first-order chi connectivity index (χ1) is 7.60. The van der Waals surface area contributed by atoms with Gasteiger partial charge >= 0.3 is 5.97 Å². The summed E-state index contributed by atoms with van der Waals surface area (Å²) in [5, 5.41) is 12.0. The molecule has 0 aliphatic heterocycles. The van der Waals surface area contributed by atoms with Gasteiger partial charge in [-0.2, -0.15) is 0 Å². The van der Waals surface area contributed by atoms with Gasteiger partial charge in [0.05, 0.1) is 7.11 Å². The molecule has 0 amide bonds. The number of aliphatic carboxylic acids is 1. The molecule has 4 nitrogen and oxygen atoms in total. The Hall–Kier alpha value is -1.07. The highest BCUT2D eigenvalue weighted by Gasteiger charge is 2.21. The standard InChI is InChI=1S/C11H14BrNO3/c1-3-13-10(11(14)15)8-6-7(16-2)4-5-9(8)12/h4-6,10,13H,3H2,1-2H3,(H,14,15). The largest absolute Gasteiger partial charge is 0.497 e. The van der Waals surface area contributed by atoms with Gasteiger partial charge < -0.3 is 15.2 Å². The maximum Gasteiger partial charge on any atom is 0.325 e. The zero-order chi connectivity index (χ0) is 12.1. The molecule has 0 saturated heterocycles. The Morgan fingerprint density at radius 1 is 1.62 bits per heavy atom. The molecule has 0 bridgehead atoms. The average molecular weight is 288 g/mol. The van der Waals surface area contributed by atoms with E-state index in [1.165, 1.54) is 0 Å². The topological polar surface area (TPSA) is 58.6 Å². The summed E-state index contributed by atoms with van der Waals surface area (Å²) in [6.07, 6.45) is 0. The van der Waals surface area contributed by atoms with E-state index in [2.05, 4.69) is 21.2 Å². The van der Waals surface area contributed by atoms with Crippen LogP contribution in [0.25, 0.3) is 0 Å². The molecule has 1 unspecified atom stereocenters. The van der Waals surface area contributed by atoms with E-state index >= 15 is 0 Å². The molecular formula is C11H14BrNO3. The van der Waals surface area contributed by atoms with Gasteiger partial charge in [0.25, 0.3) is 0 Å². The molecule has 0 aromatic heterocycles. The highest BCUT2D eigenvalue weighted by atomic mass is 79.9. The van der Waals surface area contributed by atoms with Crippen molar-refractivity contribution in [3.63, 3.8) is 0 Å².